The van der Waals surface area contributed by atoms with Gasteiger partial charge in [-0.05, 0) is 17.7 Å². The van der Waals surface area contributed by atoms with E-state index in [1.807, 2.05) is 6.07 Å². The smallest absolute Gasteiger partial charge is 0.176 e. The standard InChI is InChI=1S/C16H18FNO2/c1-19-13-8-9-14(15(10-13)20-2)16(17,11-18)12-6-4-3-5-7-12/h3-10H,11,18H2,1-2H3. The van der Waals surface area contributed by atoms with Crippen molar-refractivity contribution in [2.24, 2.45) is 5.73 Å². The topological polar surface area (TPSA) is 44.5 Å². The van der Waals surface area contributed by atoms with Gasteiger partial charge in [-0.1, -0.05) is 30.3 Å². The second-order valence-electron chi connectivity index (χ2n) is 4.44. The van der Waals surface area contributed by atoms with Crippen LogP contribution >= 0.6 is 0 Å². The van der Waals surface area contributed by atoms with Crippen molar-refractivity contribution >= 4 is 0 Å². The first kappa shape index (κ1) is 14.3. The Morgan fingerprint density at radius 2 is 1.75 bits per heavy atom. The van der Waals surface area contributed by atoms with Gasteiger partial charge in [0.2, 0.25) is 0 Å². The van der Waals surface area contributed by atoms with E-state index in [4.69, 9.17) is 15.2 Å². The van der Waals surface area contributed by atoms with Gasteiger partial charge in [-0.25, -0.2) is 4.39 Å². The third-order valence-electron chi connectivity index (χ3n) is 3.35. The molecular formula is C16H18FNO2. The lowest BCUT2D eigenvalue weighted by molar-refractivity contribution is 0.224. The molecule has 20 heavy (non-hydrogen) atoms. The van der Waals surface area contributed by atoms with Crippen LogP contribution in [0, 0.1) is 0 Å². The quantitative estimate of drug-likeness (QED) is 0.912. The molecule has 2 rings (SSSR count). The molecule has 2 N–H and O–H groups in total. The van der Waals surface area contributed by atoms with Crippen molar-refractivity contribution in [1.29, 1.82) is 0 Å². The van der Waals surface area contributed by atoms with Gasteiger partial charge in [0.25, 0.3) is 0 Å². The normalized spacial score (nSPS) is 13.6. The Hall–Kier alpha value is -2.07. The lowest BCUT2D eigenvalue weighted by Gasteiger charge is -2.26. The van der Waals surface area contributed by atoms with Crippen molar-refractivity contribution < 1.29 is 13.9 Å². The minimum atomic E-state index is -1.79. The summed E-state index contributed by atoms with van der Waals surface area (Å²) in [6.45, 7) is -0.167. The fraction of sp³-hybridized carbons (Fsp3) is 0.250. The number of rotatable bonds is 5. The highest BCUT2D eigenvalue weighted by Gasteiger charge is 2.35. The molecule has 0 bridgehead atoms. The Balaban J connectivity index is 2.57. The maximum atomic E-state index is 15.4. The summed E-state index contributed by atoms with van der Waals surface area (Å²) in [6, 6.07) is 13.9. The summed E-state index contributed by atoms with van der Waals surface area (Å²) in [4.78, 5) is 0. The molecule has 0 aliphatic carbocycles. The Morgan fingerprint density at radius 3 is 2.30 bits per heavy atom. The molecule has 4 heteroatoms. The molecular weight excluding hydrogens is 257 g/mol. The fourth-order valence-corrected chi connectivity index (χ4v) is 2.21. The molecule has 106 valence electrons. The van der Waals surface area contributed by atoms with Gasteiger partial charge in [0.1, 0.15) is 11.5 Å². The van der Waals surface area contributed by atoms with Gasteiger partial charge in [-0.2, -0.15) is 0 Å². The first-order valence-corrected chi connectivity index (χ1v) is 6.32. The van der Waals surface area contributed by atoms with Crippen molar-refractivity contribution in [2.45, 2.75) is 5.67 Å². The SMILES string of the molecule is COc1ccc(C(F)(CN)c2ccccc2)c(OC)c1. The van der Waals surface area contributed by atoms with Crippen LogP contribution in [0.2, 0.25) is 0 Å². The van der Waals surface area contributed by atoms with Crippen molar-refractivity contribution in [2.75, 3.05) is 20.8 Å². The van der Waals surface area contributed by atoms with E-state index in [0.29, 0.717) is 22.6 Å². The molecule has 0 aromatic heterocycles. The highest BCUT2D eigenvalue weighted by molar-refractivity contribution is 5.48. The van der Waals surface area contributed by atoms with Crippen LogP contribution in [0.25, 0.3) is 0 Å². The summed E-state index contributed by atoms with van der Waals surface area (Å²) < 4.78 is 25.8. The van der Waals surface area contributed by atoms with Crippen molar-refractivity contribution in [3.63, 3.8) is 0 Å². The zero-order valence-corrected chi connectivity index (χ0v) is 11.6. The number of hydrogen-bond donors (Lipinski definition) is 1. The van der Waals surface area contributed by atoms with Crippen molar-refractivity contribution in [3.8, 4) is 11.5 Å². The Labute approximate surface area is 118 Å². The molecule has 0 fully saturated rings. The highest BCUT2D eigenvalue weighted by atomic mass is 19.1. The van der Waals surface area contributed by atoms with E-state index in [0.717, 1.165) is 0 Å². The Morgan fingerprint density at radius 1 is 1.05 bits per heavy atom. The predicted octanol–water partition coefficient (Wildman–Crippen LogP) is 2.88. The molecule has 0 radical (unpaired) electrons. The number of hydrogen-bond acceptors (Lipinski definition) is 3. The van der Waals surface area contributed by atoms with E-state index in [2.05, 4.69) is 0 Å². The molecule has 0 aliphatic heterocycles. The molecule has 0 heterocycles. The second-order valence-corrected chi connectivity index (χ2v) is 4.44. The molecule has 1 unspecified atom stereocenters. The fourth-order valence-electron chi connectivity index (χ4n) is 2.21. The maximum absolute atomic E-state index is 15.4. The minimum absolute atomic E-state index is 0.167. The van der Waals surface area contributed by atoms with Crippen LogP contribution in [0.3, 0.4) is 0 Å². The molecule has 3 nitrogen and oxygen atoms in total. The lowest BCUT2D eigenvalue weighted by atomic mass is 9.87. The van der Waals surface area contributed by atoms with Gasteiger partial charge in [0, 0.05) is 18.2 Å². The van der Waals surface area contributed by atoms with Gasteiger partial charge in [0.05, 0.1) is 14.2 Å². The van der Waals surface area contributed by atoms with Gasteiger partial charge in [-0.3, -0.25) is 0 Å². The van der Waals surface area contributed by atoms with Crippen molar-refractivity contribution in [3.05, 3.63) is 59.7 Å². The average molecular weight is 275 g/mol. The third kappa shape index (κ3) is 2.47. The molecule has 2 aromatic carbocycles. The summed E-state index contributed by atoms with van der Waals surface area (Å²) in [5.74, 6) is 1.03. The number of ether oxygens (including phenoxy) is 2. The van der Waals surface area contributed by atoms with E-state index in [1.54, 1.807) is 49.6 Å². The molecule has 0 saturated heterocycles. The first-order chi connectivity index (χ1) is 9.65. The number of nitrogens with two attached hydrogens (primary N) is 1. The molecule has 0 amide bonds. The summed E-state index contributed by atoms with van der Waals surface area (Å²) in [7, 11) is 3.05. The minimum Gasteiger partial charge on any atom is -0.497 e. The van der Waals surface area contributed by atoms with Gasteiger partial charge in [-0.15, -0.1) is 0 Å². The number of halogens is 1. The van der Waals surface area contributed by atoms with Crippen LogP contribution in [0.1, 0.15) is 11.1 Å². The zero-order chi connectivity index (χ0) is 14.6. The summed E-state index contributed by atoms with van der Waals surface area (Å²) in [5.41, 5.74) is 4.81. The summed E-state index contributed by atoms with van der Waals surface area (Å²) in [6.07, 6.45) is 0. The van der Waals surface area contributed by atoms with Crippen LogP contribution in [0.4, 0.5) is 4.39 Å². The van der Waals surface area contributed by atoms with Crippen molar-refractivity contribution in [1.82, 2.24) is 0 Å². The number of alkyl halides is 1. The molecule has 0 aliphatic rings. The predicted molar refractivity (Wildman–Crippen MR) is 76.9 cm³/mol. The molecule has 1 atom stereocenters. The van der Waals surface area contributed by atoms with Crippen LogP contribution < -0.4 is 15.2 Å². The van der Waals surface area contributed by atoms with Crippen LogP contribution in [0.5, 0.6) is 11.5 Å². The molecule has 0 spiro atoms. The zero-order valence-electron chi connectivity index (χ0n) is 11.6. The van der Waals surface area contributed by atoms with Gasteiger partial charge < -0.3 is 15.2 Å². The summed E-state index contributed by atoms with van der Waals surface area (Å²) in [5, 5.41) is 0. The van der Waals surface area contributed by atoms with E-state index >= 15 is 4.39 Å². The van der Waals surface area contributed by atoms with Gasteiger partial charge in [0.15, 0.2) is 5.67 Å². The largest absolute Gasteiger partial charge is 0.497 e. The number of methoxy groups -OCH3 is 2. The third-order valence-corrected chi connectivity index (χ3v) is 3.35. The summed E-state index contributed by atoms with van der Waals surface area (Å²) >= 11 is 0. The van der Waals surface area contributed by atoms with Gasteiger partial charge >= 0.3 is 0 Å². The highest BCUT2D eigenvalue weighted by Crippen LogP contribution is 2.39. The molecule has 2 aromatic rings. The van der Waals surface area contributed by atoms with E-state index in [1.165, 1.54) is 7.11 Å². The lowest BCUT2D eigenvalue weighted by Crippen LogP contribution is -2.32. The van der Waals surface area contributed by atoms with E-state index in [9.17, 15) is 0 Å². The number of benzene rings is 2. The first-order valence-electron chi connectivity index (χ1n) is 6.32. The Bertz CT molecular complexity index is 574. The monoisotopic (exact) mass is 275 g/mol. The maximum Gasteiger partial charge on any atom is 0.176 e. The van der Waals surface area contributed by atoms with Crippen LogP contribution in [-0.4, -0.2) is 20.8 Å². The molecule has 0 saturated carbocycles. The Kier molecular flexibility index (Phi) is 4.25. The second kappa shape index (κ2) is 5.92. The van der Waals surface area contributed by atoms with Crippen LogP contribution in [0.15, 0.2) is 48.5 Å². The van der Waals surface area contributed by atoms with E-state index < -0.39 is 5.67 Å². The van der Waals surface area contributed by atoms with E-state index in [-0.39, 0.29) is 6.54 Å². The average Bonchev–Trinajstić information content (AvgIpc) is 2.54. The van der Waals surface area contributed by atoms with Crippen LogP contribution in [-0.2, 0) is 5.67 Å².